The standard InChI is InChI=1S/C2H2I4/c3-1-2(4,5)6/h1H2. The number of hydrogen-bond acceptors (Lipinski definition) is 0. The number of alkyl halides is 4. The second kappa shape index (κ2) is 3.85. The van der Waals surface area contributed by atoms with Crippen LogP contribution >= 0.6 is 90.4 Å². The Morgan fingerprint density at radius 1 is 1.17 bits per heavy atom. The minimum absolute atomic E-state index is 0.438. The lowest BCUT2D eigenvalue weighted by Gasteiger charge is -2.03. The molecular formula is C2H2I4. The molecule has 0 saturated carbocycles. The SMILES string of the molecule is ICC(I)(I)I. The third-order valence-electron chi connectivity index (χ3n) is 0.152. The Morgan fingerprint density at radius 3 is 1.33 bits per heavy atom. The second-order valence-corrected chi connectivity index (χ2v) is 13.2. The van der Waals surface area contributed by atoms with Gasteiger partial charge in [-0.2, -0.15) is 0 Å². The van der Waals surface area contributed by atoms with E-state index in [2.05, 4.69) is 90.4 Å². The molecule has 0 bridgehead atoms. The van der Waals surface area contributed by atoms with Crippen molar-refractivity contribution in [2.75, 3.05) is 4.43 Å². The normalized spacial score (nSPS) is 12.0. The Balaban J connectivity index is 3.17. The quantitative estimate of drug-likeness (QED) is 0.358. The molecule has 0 unspecified atom stereocenters. The van der Waals surface area contributed by atoms with Gasteiger partial charge in [-0.15, -0.1) is 0 Å². The van der Waals surface area contributed by atoms with Gasteiger partial charge in [-0.1, -0.05) is 90.4 Å². The van der Waals surface area contributed by atoms with Gasteiger partial charge in [-0.3, -0.25) is 0 Å². The molecule has 0 aromatic rings. The molecule has 4 heteroatoms. The van der Waals surface area contributed by atoms with Crippen molar-refractivity contribution in [3.8, 4) is 0 Å². The van der Waals surface area contributed by atoms with Crippen molar-refractivity contribution >= 4 is 90.4 Å². The summed E-state index contributed by atoms with van der Waals surface area (Å²) in [5.41, 5.74) is 0. The van der Waals surface area contributed by atoms with Crippen LogP contribution in [-0.2, 0) is 0 Å². The van der Waals surface area contributed by atoms with Crippen molar-refractivity contribution in [3.05, 3.63) is 0 Å². The zero-order valence-corrected chi connectivity index (χ0v) is 11.3. The van der Waals surface area contributed by atoms with Crippen LogP contribution < -0.4 is 0 Å². The van der Waals surface area contributed by atoms with Crippen molar-refractivity contribution in [3.63, 3.8) is 0 Å². The summed E-state index contributed by atoms with van der Waals surface area (Å²) in [4.78, 5) is 0. The Kier molecular flexibility index (Phi) is 5.73. The number of hydrogen-bond donors (Lipinski definition) is 0. The van der Waals surface area contributed by atoms with E-state index in [1.807, 2.05) is 0 Å². The van der Waals surface area contributed by atoms with Crippen molar-refractivity contribution in [2.45, 2.75) is -0.565 Å². The van der Waals surface area contributed by atoms with Crippen LogP contribution in [-0.4, -0.2) is 3.86 Å². The van der Waals surface area contributed by atoms with Gasteiger partial charge in [0.25, 0.3) is 0 Å². The van der Waals surface area contributed by atoms with E-state index in [9.17, 15) is 0 Å². The summed E-state index contributed by atoms with van der Waals surface area (Å²) in [6.07, 6.45) is 0. The molecular weight excluding hydrogens is 532 g/mol. The maximum atomic E-state index is 2.41. The molecule has 0 fully saturated rings. The third kappa shape index (κ3) is 6.92. The molecule has 0 aromatic carbocycles. The minimum Gasteiger partial charge on any atom is -0.0832 e. The topological polar surface area (TPSA) is 0 Å². The number of rotatable bonds is 1. The van der Waals surface area contributed by atoms with E-state index >= 15 is 0 Å². The van der Waals surface area contributed by atoms with E-state index in [-0.39, 0.29) is 0 Å². The number of halogens is 4. The average molecular weight is 534 g/mol. The summed E-state index contributed by atoms with van der Waals surface area (Å²) in [5.74, 6) is 0. The summed E-state index contributed by atoms with van der Waals surface area (Å²) in [7, 11) is 0. The summed E-state index contributed by atoms with van der Waals surface area (Å²) in [5, 5.41) is 0. The van der Waals surface area contributed by atoms with Gasteiger partial charge < -0.3 is 0 Å². The molecule has 0 amide bonds. The van der Waals surface area contributed by atoms with Gasteiger partial charge in [0.1, 0.15) is -0.565 Å². The molecule has 0 spiro atoms. The van der Waals surface area contributed by atoms with E-state index in [4.69, 9.17) is 0 Å². The monoisotopic (exact) mass is 534 g/mol. The molecule has 0 saturated heterocycles. The molecule has 0 aliphatic heterocycles. The maximum absolute atomic E-state index is 2.41. The molecule has 0 N–H and O–H groups in total. The van der Waals surface area contributed by atoms with Gasteiger partial charge >= 0.3 is 0 Å². The molecule has 38 valence electrons. The lowest BCUT2D eigenvalue weighted by atomic mass is 11.0. The van der Waals surface area contributed by atoms with Crippen LogP contribution in [0.25, 0.3) is 0 Å². The van der Waals surface area contributed by atoms with Crippen LogP contribution in [0.3, 0.4) is 0 Å². The average Bonchev–Trinajstić information content (AvgIpc) is 1.35. The fourth-order valence-corrected chi connectivity index (χ4v) is 0. The summed E-state index contributed by atoms with van der Waals surface area (Å²) in [6, 6.07) is 0. The summed E-state index contributed by atoms with van der Waals surface area (Å²) >= 11 is 9.59. The first kappa shape index (κ1) is 8.92. The van der Waals surface area contributed by atoms with Crippen molar-refractivity contribution in [2.24, 2.45) is 0 Å². The van der Waals surface area contributed by atoms with E-state index in [1.165, 1.54) is 4.43 Å². The van der Waals surface area contributed by atoms with E-state index in [0.717, 1.165) is 0 Å². The van der Waals surface area contributed by atoms with Crippen LogP contribution in [0.2, 0.25) is 0 Å². The molecule has 0 heterocycles. The molecule has 0 aromatic heterocycles. The minimum atomic E-state index is 0.438. The maximum Gasteiger partial charge on any atom is 0.133 e. The van der Waals surface area contributed by atoms with Crippen LogP contribution in [0.1, 0.15) is 0 Å². The highest BCUT2D eigenvalue weighted by atomic mass is 127. The first-order chi connectivity index (χ1) is 2.56. The van der Waals surface area contributed by atoms with Gasteiger partial charge in [0.15, 0.2) is 0 Å². The zero-order chi connectivity index (χ0) is 5.21. The van der Waals surface area contributed by atoms with E-state index in [0.29, 0.717) is -0.565 Å². The van der Waals surface area contributed by atoms with Crippen molar-refractivity contribution in [1.29, 1.82) is 0 Å². The van der Waals surface area contributed by atoms with E-state index in [1.54, 1.807) is 0 Å². The predicted molar refractivity (Wildman–Crippen MR) is 63.7 cm³/mol. The molecule has 0 nitrogen and oxygen atoms in total. The predicted octanol–water partition coefficient (Wildman–Crippen LogP) is 3.38. The fraction of sp³-hybridized carbons (Fsp3) is 1.00. The summed E-state index contributed by atoms with van der Waals surface area (Å²) < 4.78 is 1.64. The Labute approximate surface area is 92.2 Å². The van der Waals surface area contributed by atoms with Crippen LogP contribution in [0, 0.1) is 0 Å². The van der Waals surface area contributed by atoms with Crippen LogP contribution in [0.5, 0.6) is 0 Å². The highest BCUT2D eigenvalue weighted by molar-refractivity contribution is 14.3. The second-order valence-electron chi connectivity index (χ2n) is 0.749. The van der Waals surface area contributed by atoms with Crippen LogP contribution in [0.4, 0.5) is 0 Å². The third-order valence-corrected chi connectivity index (χ3v) is 6.82. The Hall–Kier alpha value is 2.92. The fourth-order valence-electron chi connectivity index (χ4n) is 0. The zero-order valence-electron chi connectivity index (χ0n) is 2.72. The highest BCUT2D eigenvalue weighted by Crippen LogP contribution is 2.36. The van der Waals surface area contributed by atoms with Crippen LogP contribution in [0.15, 0.2) is 0 Å². The van der Waals surface area contributed by atoms with E-state index < -0.39 is 0 Å². The highest BCUT2D eigenvalue weighted by Gasteiger charge is 2.12. The largest absolute Gasteiger partial charge is 0.133 e. The summed E-state index contributed by atoms with van der Waals surface area (Å²) in [6.45, 7) is 0. The van der Waals surface area contributed by atoms with Gasteiger partial charge in [0.2, 0.25) is 0 Å². The molecule has 6 heavy (non-hydrogen) atoms. The van der Waals surface area contributed by atoms with Crippen molar-refractivity contribution in [1.82, 2.24) is 0 Å². The molecule has 0 rings (SSSR count). The first-order valence-electron chi connectivity index (χ1n) is 1.19. The van der Waals surface area contributed by atoms with Gasteiger partial charge in [-0.25, -0.2) is 0 Å². The molecule has 0 aliphatic carbocycles. The first-order valence-corrected chi connectivity index (χ1v) is 5.95. The molecule has 0 atom stereocenters. The molecule has 0 aliphatic rings. The van der Waals surface area contributed by atoms with Gasteiger partial charge in [0, 0.05) is 4.43 Å². The Bertz CT molecular complexity index is 35.3. The Morgan fingerprint density at radius 2 is 1.33 bits per heavy atom. The van der Waals surface area contributed by atoms with Crippen molar-refractivity contribution < 1.29 is 0 Å². The van der Waals surface area contributed by atoms with Gasteiger partial charge in [-0.05, 0) is 0 Å². The lowest BCUT2D eigenvalue weighted by Crippen LogP contribution is -1.96. The lowest BCUT2D eigenvalue weighted by molar-refractivity contribution is 1.58. The molecule has 0 radical (unpaired) electrons. The smallest absolute Gasteiger partial charge is 0.0832 e. The van der Waals surface area contributed by atoms with Gasteiger partial charge in [0.05, 0.1) is 0 Å².